The number of thiophene rings is 1. The molecule has 0 atom stereocenters. The standard InChI is InChI=1S/C65H56BN2OS/c1-62(2,3)38-19-21-39(22-20-38)67-53-35-59-46(47-31-50-51(33-58(47)70-59)64(6,7)26-25-63(50,4)5)30-44(53)41-23-24-42-45-29-43-40-17-13-14-18-48(40)65(8,9)49(43)32-54(45)68-55-27-37-28-56(36-15-11-10-12-16-36)69-57(37)34-52(55)66-60(41)61(42)68/h10-24,27-35,67H,25-26H2,1-9H3. The zero-order valence-corrected chi connectivity index (χ0v) is 42.4. The van der Waals surface area contributed by atoms with Gasteiger partial charge in [-0.05, 0) is 146 Å². The van der Waals surface area contributed by atoms with Gasteiger partial charge in [0.15, 0.2) is 7.28 Å². The van der Waals surface area contributed by atoms with Crippen molar-refractivity contribution in [3.63, 3.8) is 0 Å². The number of nitrogens with zero attached hydrogens (tertiary/aromatic N) is 1. The van der Waals surface area contributed by atoms with Crippen molar-refractivity contribution < 1.29 is 4.42 Å². The first-order valence-electron chi connectivity index (χ1n) is 25.2. The Morgan fingerprint density at radius 3 is 2.06 bits per heavy atom. The summed E-state index contributed by atoms with van der Waals surface area (Å²) in [7, 11) is 2.45. The van der Waals surface area contributed by atoms with Gasteiger partial charge >= 0.3 is 0 Å². The smallest absolute Gasteiger partial charge is 0.198 e. The lowest BCUT2D eigenvalue weighted by atomic mass is 9.59. The summed E-state index contributed by atoms with van der Waals surface area (Å²) in [5, 5.41) is 10.3. The molecule has 341 valence electrons. The van der Waals surface area contributed by atoms with E-state index in [-0.39, 0.29) is 21.7 Å². The van der Waals surface area contributed by atoms with Crippen molar-refractivity contribution in [1.82, 2.24) is 4.57 Å². The lowest BCUT2D eigenvalue weighted by Crippen LogP contribution is -2.37. The summed E-state index contributed by atoms with van der Waals surface area (Å²) in [6.07, 6.45) is 2.39. The van der Waals surface area contributed by atoms with Crippen LogP contribution in [0.2, 0.25) is 0 Å². The minimum atomic E-state index is -0.137. The Morgan fingerprint density at radius 2 is 1.29 bits per heavy atom. The maximum absolute atomic E-state index is 6.71. The number of furan rings is 1. The fraction of sp³-hybridized carbons (Fsp3) is 0.231. The van der Waals surface area contributed by atoms with E-state index in [2.05, 4.69) is 225 Å². The third kappa shape index (κ3) is 6.00. The van der Waals surface area contributed by atoms with Crippen molar-refractivity contribution in [3.8, 4) is 39.3 Å². The van der Waals surface area contributed by atoms with Crippen LogP contribution in [-0.4, -0.2) is 11.8 Å². The van der Waals surface area contributed by atoms with E-state index in [0.717, 1.165) is 39.1 Å². The van der Waals surface area contributed by atoms with E-state index >= 15 is 0 Å². The maximum atomic E-state index is 6.71. The van der Waals surface area contributed by atoms with E-state index in [9.17, 15) is 0 Å². The molecule has 11 aromatic rings. The van der Waals surface area contributed by atoms with Gasteiger partial charge < -0.3 is 14.3 Å². The highest BCUT2D eigenvalue weighted by Gasteiger charge is 2.39. The van der Waals surface area contributed by atoms with Crippen molar-refractivity contribution in [1.29, 1.82) is 0 Å². The average molecular weight is 924 g/mol. The Bertz CT molecular complexity index is 4060. The lowest BCUT2D eigenvalue weighted by Gasteiger charge is -2.41. The van der Waals surface area contributed by atoms with Crippen molar-refractivity contribution >= 4 is 93.9 Å². The predicted octanol–water partition coefficient (Wildman–Crippen LogP) is 16.9. The molecular weight excluding hydrogens is 868 g/mol. The first-order chi connectivity index (χ1) is 33.5. The fourth-order valence-corrected chi connectivity index (χ4v) is 13.8. The molecule has 3 nitrogen and oxygen atoms in total. The van der Waals surface area contributed by atoms with Crippen molar-refractivity contribution in [2.75, 3.05) is 5.32 Å². The van der Waals surface area contributed by atoms with Gasteiger partial charge in [-0.25, -0.2) is 0 Å². The van der Waals surface area contributed by atoms with Gasteiger partial charge in [-0.3, -0.25) is 0 Å². The molecule has 0 saturated carbocycles. The quantitative estimate of drug-likeness (QED) is 0.178. The fourth-order valence-electron chi connectivity index (χ4n) is 12.7. The van der Waals surface area contributed by atoms with Crippen LogP contribution < -0.4 is 16.2 Å². The Labute approximate surface area is 415 Å². The number of benzene rings is 8. The summed E-state index contributed by atoms with van der Waals surface area (Å²) >= 11 is 1.93. The third-order valence-corrected chi connectivity index (χ3v) is 18.0. The molecule has 1 radical (unpaired) electrons. The second kappa shape index (κ2) is 14.2. The van der Waals surface area contributed by atoms with Gasteiger partial charge in [0.1, 0.15) is 11.3 Å². The number of aromatic nitrogens is 1. The van der Waals surface area contributed by atoms with Gasteiger partial charge in [0.2, 0.25) is 0 Å². The molecule has 70 heavy (non-hydrogen) atoms. The normalized spacial score (nSPS) is 16.1. The summed E-state index contributed by atoms with van der Waals surface area (Å²) in [5.41, 5.74) is 22.6. The molecule has 5 heteroatoms. The van der Waals surface area contributed by atoms with Crippen LogP contribution in [-0.2, 0) is 21.7 Å². The second-order valence-corrected chi connectivity index (χ2v) is 24.6. The number of hydrogen-bond acceptors (Lipinski definition) is 3. The molecule has 3 aliphatic rings. The number of hydrogen-bond donors (Lipinski definition) is 1. The number of nitrogens with one attached hydrogen (secondary N) is 1. The van der Waals surface area contributed by atoms with Crippen molar-refractivity contribution in [3.05, 3.63) is 173 Å². The van der Waals surface area contributed by atoms with Gasteiger partial charge in [0.25, 0.3) is 0 Å². The van der Waals surface area contributed by atoms with Crippen LogP contribution in [0, 0.1) is 0 Å². The molecule has 0 bridgehead atoms. The van der Waals surface area contributed by atoms with Crippen LogP contribution in [0.25, 0.3) is 92.2 Å². The highest BCUT2D eigenvalue weighted by molar-refractivity contribution is 7.25. The lowest BCUT2D eigenvalue weighted by molar-refractivity contribution is 0.332. The molecular formula is C65H56BN2OS. The van der Waals surface area contributed by atoms with Gasteiger partial charge in [0, 0.05) is 75.5 Å². The first kappa shape index (κ1) is 42.1. The third-order valence-electron chi connectivity index (χ3n) is 16.8. The van der Waals surface area contributed by atoms with Crippen LogP contribution in [0.1, 0.15) is 103 Å². The van der Waals surface area contributed by atoms with Crippen molar-refractivity contribution in [2.24, 2.45) is 0 Å². The Hall–Kier alpha value is -6.82. The molecule has 1 N–H and O–H groups in total. The number of fused-ring (bicyclic) bond motifs is 13. The second-order valence-electron chi connectivity index (χ2n) is 23.5. The Kier molecular flexibility index (Phi) is 8.52. The molecule has 1 aliphatic heterocycles. The van der Waals surface area contributed by atoms with Crippen LogP contribution in [0.5, 0.6) is 0 Å². The topological polar surface area (TPSA) is 30.1 Å². The van der Waals surface area contributed by atoms with E-state index in [0.29, 0.717) is 0 Å². The predicted molar refractivity (Wildman–Crippen MR) is 301 cm³/mol. The summed E-state index contributed by atoms with van der Waals surface area (Å²) in [6.45, 7) is 21.4. The minimum absolute atomic E-state index is 0.0637. The first-order valence-corrected chi connectivity index (χ1v) is 26.0. The molecule has 8 aromatic carbocycles. The highest BCUT2D eigenvalue weighted by Crippen LogP contribution is 2.53. The maximum Gasteiger partial charge on any atom is 0.198 e. The Balaban J connectivity index is 1.05. The zero-order valence-electron chi connectivity index (χ0n) is 41.6. The Morgan fingerprint density at radius 1 is 0.586 bits per heavy atom. The van der Waals surface area contributed by atoms with Gasteiger partial charge in [-0.15, -0.1) is 11.3 Å². The van der Waals surface area contributed by atoms with E-state index in [1.807, 2.05) is 11.3 Å². The molecule has 0 fully saturated rings. The summed E-state index contributed by atoms with van der Waals surface area (Å²) in [5.74, 6) is 0.881. The van der Waals surface area contributed by atoms with E-state index < -0.39 is 0 Å². The molecule has 0 saturated heterocycles. The highest BCUT2D eigenvalue weighted by atomic mass is 32.1. The zero-order chi connectivity index (χ0) is 47.8. The molecule has 0 spiro atoms. The van der Waals surface area contributed by atoms with Crippen LogP contribution in [0.3, 0.4) is 0 Å². The largest absolute Gasteiger partial charge is 0.456 e. The molecule has 0 amide bonds. The minimum Gasteiger partial charge on any atom is -0.456 e. The van der Waals surface area contributed by atoms with Gasteiger partial charge in [-0.1, -0.05) is 147 Å². The molecule has 2 aliphatic carbocycles. The van der Waals surface area contributed by atoms with E-state index in [4.69, 9.17) is 4.42 Å². The van der Waals surface area contributed by atoms with Gasteiger partial charge in [0.05, 0.1) is 5.52 Å². The molecule has 0 unspecified atom stereocenters. The van der Waals surface area contributed by atoms with Crippen LogP contribution in [0.4, 0.5) is 11.4 Å². The monoisotopic (exact) mass is 923 g/mol. The molecule has 3 aromatic heterocycles. The number of rotatable bonds is 4. The van der Waals surface area contributed by atoms with E-state index in [1.54, 1.807) is 0 Å². The summed E-state index contributed by atoms with van der Waals surface area (Å²) < 4.78 is 12.0. The number of anilines is 2. The van der Waals surface area contributed by atoms with Gasteiger partial charge in [-0.2, -0.15) is 0 Å². The summed E-state index contributed by atoms with van der Waals surface area (Å²) in [6, 6.07) is 55.3. The molecule has 4 heterocycles. The molecule has 14 rings (SSSR count). The van der Waals surface area contributed by atoms with Crippen LogP contribution >= 0.6 is 11.3 Å². The SMILES string of the molecule is CC(C)(C)c1ccc(Nc2cc3sc4cc5c(cc4c3cc2-c2ccc3c4cc6c(cc4n4c3c2[B]c2cc3oc(-c7ccccc7)cc3cc2-4)C(C)(C)c2ccccc2-6)C(C)(C)CCC5(C)C)cc1. The van der Waals surface area contributed by atoms with Crippen molar-refractivity contribution in [2.45, 2.75) is 96.8 Å². The average Bonchev–Trinajstić information content (AvgIpc) is 4.07. The summed E-state index contributed by atoms with van der Waals surface area (Å²) in [4.78, 5) is 0. The van der Waals surface area contributed by atoms with Crippen LogP contribution in [0.15, 0.2) is 150 Å². The van der Waals surface area contributed by atoms with E-state index in [1.165, 1.54) is 116 Å².